The second-order valence-electron chi connectivity index (χ2n) is 8.04. The number of fused-ring (bicyclic) bond motifs is 2. The van der Waals surface area contributed by atoms with Crippen LogP contribution in [0.25, 0.3) is 10.4 Å². The molecule has 3 aromatic rings. The van der Waals surface area contributed by atoms with E-state index >= 15 is 0 Å². The van der Waals surface area contributed by atoms with Gasteiger partial charge in [0, 0.05) is 15.5 Å². The summed E-state index contributed by atoms with van der Waals surface area (Å²) in [6, 6.07) is 23.3. The molecule has 0 bridgehead atoms. The maximum absolute atomic E-state index is 9.29. The number of nitrogens with two attached hydrogens (primary N) is 1. The molecule has 0 radical (unpaired) electrons. The van der Waals surface area contributed by atoms with Crippen LogP contribution in [-0.2, 0) is 18.4 Å². The molecule has 1 aliphatic carbocycles. The van der Waals surface area contributed by atoms with Crippen molar-refractivity contribution in [2.24, 2.45) is 16.6 Å². The second-order valence-corrected chi connectivity index (χ2v) is 10.3. The first-order chi connectivity index (χ1) is 14.7. The zero-order valence-corrected chi connectivity index (χ0v) is 18.3. The van der Waals surface area contributed by atoms with Gasteiger partial charge in [0.1, 0.15) is 0 Å². The number of nitriles is 1. The SMILES string of the molecule is N#Cc1cccc(-c2cc3c(s2)CCC(Cc2ccccc2)C32CCSC(N)=N2)c1. The summed E-state index contributed by atoms with van der Waals surface area (Å²) in [6.07, 6.45) is 4.26. The van der Waals surface area contributed by atoms with Crippen molar-refractivity contribution in [2.75, 3.05) is 5.75 Å². The minimum Gasteiger partial charge on any atom is -0.379 e. The molecule has 1 aliphatic heterocycles. The average molecular weight is 430 g/mol. The van der Waals surface area contributed by atoms with Gasteiger partial charge in [-0.3, -0.25) is 4.99 Å². The number of aryl methyl sites for hydroxylation is 1. The Bertz CT molecular complexity index is 1140. The van der Waals surface area contributed by atoms with Crippen molar-refractivity contribution in [3.05, 3.63) is 82.2 Å². The molecule has 30 heavy (non-hydrogen) atoms. The maximum atomic E-state index is 9.29. The van der Waals surface area contributed by atoms with Crippen LogP contribution < -0.4 is 5.73 Å². The molecule has 5 rings (SSSR count). The van der Waals surface area contributed by atoms with E-state index in [-0.39, 0.29) is 5.54 Å². The summed E-state index contributed by atoms with van der Waals surface area (Å²) in [5, 5.41) is 10.0. The highest BCUT2D eigenvalue weighted by atomic mass is 32.2. The van der Waals surface area contributed by atoms with Gasteiger partial charge in [-0.1, -0.05) is 54.2 Å². The van der Waals surface area contributed by atoms with Gasteiger partial charge >= 0.3 is 0 Å². The van der Waals surface area contributed by atoms with Crippen LogP contribution in [0.5, 0.6) is 0 Å². The highest BCUT2D eigenvalue weighted by Crippen LogP contribution is 2.52. The lowest BCUT2D eigenvalue weighted by molar-refractivity contribution is 0.235. The largest absolute Gasteiger partial charge is 0.379 e. The zero-order chi connectivity index (χ0) is 20.6. The molecular formula is C25H23N3S2. The van der Waals surface area contributed by atoms with Crippen molar-refractivity contribution < 1.29 is 0 Å². The van der Waals surface area contributed by atoms with Gasteiger partial charge in [0.05, 0.1) is 17.2 Å². The van der Waals surface area contributed by atoms with Crippen molar-refractivity contribution in [1.29, 1.82) is 5.26 Å². The summed E-state index contributed by atoms with van der Waals surface area (Å²) in [6.45, 7) is 0. The Morgan fingerprint density at radius 2 is 2.00 bits per heavy atom. The molecule has 1 spiro atoms. The van der Waals surface area contributed by atoms with Crippen molar-refractivity contribution >= 4 is 28.3 Å². The third-order valence-corrected chi connectivity index (χ3v) is 8.35. The summed E-state index contributed by atoms with van der Waals surface area (Å²) in [5.74, 6) is 1.45. The Balaban J connectivity index is 1.59. The molecule has 0 amide bonds. The van der Waals surface area contributed by atoms with E-state index < -0.39 is 0 Å². The first kappa shape index (κ1) is 19.4. The Morgan fingerprint density at radius 1 is 1.13 bits per heavy atom. The Morgan fingerprint density at radius 3 is 2.80 bits per heavy atom. The van der Waals surface area contributed by atoms with Gasteiger partial charge < -0.3 is 5.73 Å². The van der Waals surface area contributed by atoms with Gasteiger partial charge in [-0.25, -0.2) is 0 Å². The topological polar surface area (TPSA) is 62.2 Å². The van der Waals surface area contributed by atoms with Crippen LogP contribution in [0.3, 0.4) is 0 Å². The number of benzene rings is 2. The average Bonchev–Trinajstić information content (AvgIpc) is 3.23. The summed E-state index contributed by atoms with van der Waals surface area (Å²) < 4.78 is 0. The van der Waals surface area contributed by atoms with Gasteiger partial charge in [-0.2, -0.15) is 5.26 Å². The van der Waals surface area contributed by atoms with E-state index in [1.165, 1.54) is 20.9 Å². The zero-order valence-electron chi connectivity index (χ0n) is 16.7. The van der Waals surface area contributed by atoms with E-state index in [0.717, 1.165) is 37.0 Å². The van der Waals surface area contributed by atoms with Gasteiger partial charge in [-0.15, -0.1) is 11.3 Å². The molecule has 2 aromatic carbocycles. The molecule has 3 nitrogen and oxygen atoms in total. The van der Waals surface area contributed by atoms with Crippen molar-refractivity contribution in [3.63, 3.8) is 0 Å². The van der Waals surface area contributed by atoms with Crippen molar-refractivity contribution in [1.82, 2.24) is 0 Å². The minimum atomic E-state index is -0.236. The number of thiophene rings is 1. The Kier molecular flexibility index (Phi) is 5.14. The van der Waals surface area contributed by atoms with Crippen LogP contribution >= 0.6 is 23.1 Å². The third kappa shape index (κ3) is 3.45. The van der Waals surface area contributed by atoms with Crippen LogP contribution in [0.2, 0.25) is 0 Å². The quantitative estimate of drug-likeness (QED) is 0.577. The summed E-state index contributed by atoms with van der Waals surface area (Å²) in [4.78, 5) is 7.80. The fourth-order valence-corrected chi connectivity index (χ4v) is 6.99. The third-order valence-electron chi connectivity index (χ3n) is 6.31. The van der Waals surface area contributed by atoms with Gasteiger partial charge in [0.25, 0.3) is 0 Å². The highest BCUT2D eigenvalue weighted by Gasteiger charge is 2.46. The van der Waals surface area contributed by atoms with Gasteiger partial charge in [0.2, 0.25) is 0 Å². The molecule has 150 valence electrons. The van der Waals surface area contributed by atoms with Crippen LogP contribution in [0.4, 0.5) is 0 Å². The molecular weight excluding hydrogens is 406 g/mol. The van der Waals surface area contributed by atoms with E-state index in [0.29, 0.717) is 16.6 Å². The van der Waals surface area contributed by atoms with E-state index in [2.05, 4.69) is 48.5 Å². The lowest BCUT2D eigenvalue weighted by Crippen LogP contribution is -2.42. The fraction of sp³-hybridized carbons (Fsp3) is 0.280. The number of thioether (sulfide) groups is 1. The van der Waals surface area contributed by atoms with E-state index in [9.17, 15) is 5.26 Å². The molecule has 2 N–H and O–H groups in total. The predicted octanol–water partition coefficient (Wildman–Crippen LogP) is 5.74. The highest BCUT2D eigenvalue weighted by molar-refractivity contribution is 8.13. The van der Waals surface area contributed by atoms with Crippen molar-refractivity contribution in [2.45, 2.75) is 31.2 Å². The first-order valence-corrected chi connectivity index (χ1v) is 12.1. The van der Waals surface area contributed by atoms with Crippen LogP contribution in [0.1, 0.15) is 34.4 Å². The Hall–Kier alpha value is -2.55. The molecule has 0 fully saturated rings. The Labute approximate surface area is 185 Å². The van der Waals surface area contributed by atoms with Crippen molar-refractivity contribution in [3.8, 4) is 16.5 Å². The van der Waals surface area contributed by atoms with E-state index in [4.69, 9.17) is 10.7 Å². The molecule has 1 aromatic heterocycles. The lowest BCUT2D eigenvalue weighted by atomic mass is 9.68. The second kappa shape index (κ2) is 7.94. The van der Waals surface area contributed by atoms with E-state index in [1.807, 2.05) is 29.5 Å². The van der Waals surface area contributed by atoms with E-state index in [1.54, 1.807) is 11.8 Å². The molecule has 0 saturated heterocycles. The smallest absolute Gasteiger partial charge is 0.154 e. The molecule has 2 atom stereocenters. The molecule has 2 heterocycles. The number of amidine groups is 1. The van der Waals surface area contributed by atoms with Gasteiger partial charge in [0.15, 0.2) is 5.17 Å². The standard InChI is InChI=1S/C25H23N3S2/c26-16-18-7-4-8-19(13-18)23-15-21-22(30-23)10-9-20(14-17-5-2-1-3-6-17)25(21)11-12-29-24(27)28-25/h1-8,13,15,20H,9-12,14H2,(H2,27,28). The molecule has 2 aliphatic rings. The minimum absolute atomic E-state index is 0.236. The fourth-order valence-electron chi connectivity index (χ4n) is 4.88. The van der Waals surface area contributed by atoms with Gasteiger partial charge in [-0.05, 0) is 66.5 Å². The summed E-state index contributed by atoms with van der Waals surface area (Å²) in [7, 11) is 0. The normalized spacial score (nSPS) is 22.9. The number of hydrogen-bond acceptors (Lipinski definition) is 5. The lowest BCUT2D eigenvalue weighted by Gasteiger charge is -2.43. The van der Waals surface area contributed by atoms with Crippen LogP contribution in [0, 0.1) is 17.2 Å². The number of nitrogens with zero attached hydrogens (tertiary/aromatic N) is 2. The number of hydrogen-bond donors (Lipinski definition) is 1. The predicted molar refractivity (Wildman–Crippen MR) is 127 cm³/mol. The number of rotatable bonds is 3. The monoisotopic (exact) mass is 429 g/mol. The summed E-state index contributed by atoms with van der Waals surface area (Å²) in [5.41, 5.74) is 10.6. The number of aliphatic imine (C=N–C) groups is 1. The molecule has 2 unspecified atom stereocenters. The summed E-state index contributed by atoms with van der Waals surface area (Å²) >= 11 is 3.53. The van der Waals surface area contributed by atoms with Crippen LogP contribution in [-0.4, -0.2) is 10.9 Å². The first-order valence-electron chi connectivity index (χ1n) is 10.3. The molecule has 5 heteroatoms. The maximum Gasteiger partial charge on any atom is 0.154 e. The molecule has 0 saturated carbocycles. The van der Waals surface area contributed by atoms with Crippen LogP contribution in [0.15, 0.2) is 65.7 Å².